The quantitative estimate of drug-likeness (QED) is 0.776. The molecule has 2 heterocycles. The molecule has 0 aliphatic rings. The normalized spacial score (nSPS) is 12.5. The number of para-hydroxylation sites is 1. The van der Waals surface area contributed by atoms with Crippen LogP contribution in [0.15, 0.2) is 48.8 Å². The lowest BCUT2D eigenvalue weighted by Gasteiger charge is -2.11. The Morgan fingerprint density at radius 2 is 2.00 bits per heavy atom. The van der Waals surface area contributed by atoms with Crippen LogP contribution in [0.3, 0.4) is 0 Å². The first-order valence-corrected chi connectivity index (χ1v) is 6.21. The standard InChI is InChI=1S/C12H11N5S/c13-12(10-8-15-18-16-10)11-6-7-14-17(11)9-4-2-1-3-5-9/h1-8,12H,13H2. The van der Waals surface area contributed by atoms with Gasteiger partial charge in [0.25, 0.3) is 0 Å². The maximum absolute atomic E-state index is 6.19. The summed E-state index contributed by atoms with van der Waals surface area (Å²) in [6.45, 7) is 0. The van der Waals surface area contributed by atoms with Crippen molar-refractivity contribution in [2.24, 2.45) is 5.73 Å². The fraction of sp³-hybridized carbons (Fsp3) is 0.0833. The van der Waals surface area contributed by atoms with Gasteiger partial charge in [-0.25, -0.2) is 4.68 Å². The molecule has 0 radical (unpaired) electrons. The van der Waals surface area contributed by atoms with Crippen LogP contribution in [0.5, 0.6) is 0 Å². The molecule has 6 heteroatoms. The molecule has 1 atom stereocenters. The van der Waals surface area contributed by atoms with Crippen LogP contribution in [0, 0.1) is 0 Å². The van der Waals surface area contributed by atoms with E-state index in [0.717, 1.165) is 28.8 Å². The van der Waals surface area contributed by atoms with Gasteiger partial charge in [0.05, 0.1) is 41.0 Å². The van der Waals surface area contributed by atoms with Gasteiger partial charge >= 0.3 is 0 Å². The van der Waals surface area contributed by atoms with Crippen molar-refractivity contribution in [1.82, 2.24) is 18.5 Å². The molecule has 0 fully saturated rings. The summed E-state index contributed by atoms with van der Waals surface area (Å²) in [6, 6.07) is 11.5. The van der Waals surface area contributed by atoms with Crippen LogP contribution in [-0.2, 0) is 0 Å². The summed E-state index contributed by atoms with van der Waals surface area (Å²) in [5.74, 6) is 0. The monoisotopic (exact) mass is 257 g/mol. The molecule has 90 valence electrons. The van der Waals surface area contributed by atoms with E-state index in [9.17, 15) is 0 Å². The fourth-order valence-corrected chi connectivity index (χ4v) is 2.25. The van der Waals surface area contributed by atoms with E-state index < -0.39 is 0 Å². The van der Waals surface area contributed by atoms with Gasteiger partial charge in [-0.1, -0.05) is 18.2 Å². The molecular weight excluding hydrogens is 246 g/mol. The van der Waals surface area contributed by atoms with Crippen LogP contribution < -0.4 is 5.73 Å². The van der Waals surface area contributed by atoms with Gasteiger partial charge < -0.3 is 5.73 Å². The summed E-state index contributed by atoms with van der Waals surface area (Å²) in [5, 5.41) is 4.31. The minimum absolute atomic E-state index is 0.313. The molecule has 1 aromatic carbocycles. The molecule has 0 spiro atoms. The van der Waals surface area contributed by atoms with E-state index in [1.807, 2.05) is 41.1 Å². The number of aromatic nitrogens is 4. The maximum Gasteiger partial charge on any atom is 0.0971 e. The molecule has 0 saturated heterocycles. The third kappa shape index (κ3) is 1.92. The van der Waals surface area contributed by atoms with E-state index in [4.69, 9.17) is 5.73 Å². The largest absolute Gasteiger partial charge is 0.318 e. The van der Waals surface area contributed by atoms with Gasteiger partial charge in [0, 0.05) is 6.20 Å². The van der Waals surface area contributed by atoms with Gasteiger partial charge in [-0.2, -0.15) is 13.8 Å². The number of nitrogens with two attached hydrogens (primary N) is 1. The highest BCUT2D eigenvalue weighted by molar-refractivity contribution is 6.99. The predicted molar refractivity (Wildman–Crippen MR) is 69.5 cm³/mol. The van der Waals surface area contributed by atoms with E-state index in [1.165, 1.54) is 0 Å². The van der Waals surface area contributed by atoms with Crippen LogP contribution in [-0.4, -0.2) is 18.5 Å². The predicted octanol–water partition coefficient (Wildman–Crippen LogP) is 1.77. The van der Waals surface area contributed by atoms with E-state index in [1.54, 1.807) is 12.4 Å². The number of hydrogen-bond donors (Lipinski definition) is 1. The van der Waals surface area contributed by atoms with Gasteiger partial charge in [0.15, 0.2) is 0 Å². The van der Waals surface area contributed by atoms with Crippen LogP contribution in [0.4, 0.5) is 0 Å². The van der Waals surface area contributed by atoms with Gasteiger partial charge in [0.1, 0.15) is 0 Å². The Morgan fingerprint density at radius 1 is 1.17 bits per heavy atom. The maximum atomic E-state index is 6.19. The molecule has 0 amide bonds. The molecule has 0 aliphatic heterocycles. The average molecular weight is 257 g/mol. The van der Waals surface area contributed by atoms with E-state index in [-0.39, 0.29) is 6.04 Å². The Labute approximate surface area is 108 Å². The Balaban J connectivity index is 2.02. The molecule has 3 rings (SSSR count). The molecule has 18 heavy (non-hydrogen) atoms. The van der Waals surface area contributed by atoms with Crippen molar-refractivity contribution in [1.29, 1.82) is 0 Å². The molecule has 1 unspecified atom stereocenters. The Morgan fingerprint density at radius 3 is 2.72 bits per heavy atom. The SMILES string of the molecule is NC(c1cnsn1)c1ccnn1-c1ccccc1. The minimum Gasteiger partial charge on any atom is -0.318 e. The van der Waals surface area contributed by atoms with Gasteiger partial charge in [-0.05, 0) is 18.2 Å². The highest BCUT2D eigenvalue weighted by Gasteiger charge is 2.16. The van der Waals surface area contributed by atoms with Crippen LogP contribution in [0.1, 0.15) is 17.4 Å². The van der Waals surface area contributed by atoms with Gasteiger partial charge in [-0.15, -0.1) is 0 Å². The number of nitrogens with zero attached hydrogens (tertiary/aromatic N) is 4. The first-order valence-electron chi connectivity index (χ1n) is 5.48. The fourth-order valence-electron chi connectivity index (χ4n) is 1.79. The Kier molecular flexibility index (Phi) is 2.87. The van der Waals surface area contributed by atoms with Gasteiger partial charge in [0.2, 0.25) is 0 Å². The van der Waals surface area contributed by atoms with Crippen LogP contribution in [0.2, 0.25) is 0 Å². The number of benzene rings is 1. The van der Waals surface area contributed by atoms with E-state index in [2.05, 4.69) is 13.8 Å². The zero-order valence-electron chi connectivity index (χ0n) is 9.47. The summed E-state index contributed by atoms with van der Waals surface area (Å²) in [7, 11) is 0. The second-order valence-corrected chi connectivity index (χ2v) is 4.37. The second kappa shape index (κ2) is 4.67. The smallest absolute Gasteiger partial charge is 0.0971 e. The van der Waals surface area contributed by atoms with Crippen molar-refractivity contribution in [2.45, 2.75) is 6.04 Å². The van der Waals surface area contributed by atoms with Gasteiger partial charge in [-0.3, -0.25) is 0 Å². The lowest BCUT2D eigenvalue weighted by molar-refractivity contribution is 0.728. The summed E-state index contributed by atoms with van der Waals surface area (Å²) >= 11 is 1.16. The lowest BCUT2D eigenvalue weighted by Crippen LogP contribution is -2.17. The summed E-state index contributed by atoms with van der Waals surface area (Å²) < 4.78 is 9.97. The molecule has 3 aromatic rings. The second-order valence-electron chi connectivity index (χ2n) is 3.81. The molecule has 2 N–H and O–H groups in total. The van der Waals surface area contributed by atoms with E-state index in [0.29, 0.717) is 0 Å². The van der Waals surface area contributed by atoms with Crippen molar-refractivity contribution in [3.8, 4) is 5.69 Å². The number of rotatable bonds is 3. The lowest BCUT2D eigenvalue weighted by atomic mass is 10.1. The molecule has 2 aromatic heterocycles. The average Bonchev–Trinajstić information content (AvgIpc) is 3.10. The zero-order valence-corrected chi connectivity index (χ0v) is 10.3. The molecule has 0 aliphatic carbocycles. The van der Waals surface area contributed by atoms with Crippen molar-refractivity contribution in [2.75, 3.05) is 0 Å². The molecule has 0 saturated carbocycles. The summed E-state index contributed by atoms with van der Waals surface area (Å²) in [4.78, 5) is 0. The molecular formula is C12H11N5S. The van der Waals surface area contributed by atoms with Crippen molar-refractivity contribution >= 4 is 11.7 Å². The van der Waals surface area contributed by atoms with Crippen molar-refractivity contribution in [3.05, 3.63) is 60.2 Å². The van der Waals surface area contributed by atoms with Crippen LogP contribution >= 0.6 is 11.7 Å². The topological polar surface area (TPSA) is 69.6 Å². The first-order chi connectivity index (χ1) is 8.86. The van der Waals surface area contributed by atoms with E-state index >= 15 is 0 Å². The molecule has 0 bridgehead atoms. The first kappa shape index (κ1) is 11.1. The third-order valence-corrected chi connectivity index (χ3v) is 3.18. The van der Waals surface area contributed by atoms with Crippen LogP contribution in [0.25, 0.3) is 5.69 Å². The Bertz CT molecular complexity index is 617. The van der Waals surface area contributed by atoms with Crippen molar-refractivity contribution < 1.29 is 0 Å². The minimum atomic E-state index is -0.313. The Hall–Kier alpha value is -2.05. The third-order valence-electron chi connectivity index (χ3n) is 2.69. The summed E-state index contributed by atoms with van der Waals surface area (Å²) in [5.41, 5.74) is 8.83. The molecule has 5 nitrogen and oxygen atoms in total. The number of hydrogen-bond acceptors (Lipinski definition) is 5. The summed E-state index contributed by atoms with van der Waals surface area (Å²) in [6.07, 6.45) is 3.43. The highest BCUT2D eigenvalue weighted by atomic mass is 32.1. The van der Waals surface area contributed by atoms with Crippen molar-refractivity contribution in [3.63, 3.8) is 0 Å². The highest BCUT2D eigenvalue weighted by Crippen LogP contribution is 2.20. The zero-order chi connectivity index (χ0) is 12.4.